The zero-order valence-corrected chi connectivity index (χ0v) is 8.95. The summed E-state index contributed by atoms with van der Waals surface area (Å²) in [6.45, 7) is 1.84. The maximum atomic E-state index is 8.76. The molecule has 0 saturated carbocycles. The summed E-state index contributed by atoms with van der Waals surface area (Å²) in [6.07, 6.45) is 3.52. The second-order valence-corrected chi connectivity index (χ2v) is 3.98. The van der Waals surface area contributed by atoms with Gasteiger partial charge in [-0.15, -0.1) is 0 Å². The predicted molar refractivity (Wildman–Crippen MR) is 60.7 cm³/mol. The molecular weight excluding hydrogens is 200 g/mol. The summed E-state index contributed by atoms with van der Waals surface area (Å²) in [6, 6.07) is 6.17. The first-order valence-corrected chi connectivity index (χ1v) is 5.27. The minimum absolute atomic E-state index is 0.673. The average molecular weight is 210 g/mol. The Hall–Kier alpha value is -2.08. The molecular formula is C13H10N2O. The third-order valence-corrected chi connectivity index (χ3v) is 2.97. The molecule has 0 amide bonds. The van der Waals surface area contributed by atoms with E-state index in [9.17, 15) is 0 Å². The van der Waals surface area contributed by atoms with Gasteiger partial charge in [0.25, 0.3) is 0 Å². The highest BCUT2D eigenvalue weighted by Crippen LogP contribution is 2.37. The molecule has 0 fully saturated rings. The molecule has 0 saturated heterocycles. The monoisotopic (exact) mass is 210 g/mol. The van der Waals surface area contributed by atoms with Gasteiger partial charge in [-0.3, -0.25) is 0 Å². The van der Waals surface area contributed by atoms with Crippen molar-refractivity contribution in [2.24, 2.45) is 0 Å². The number of nitriles is 1. The van der Waals surface area contributed by atoms with E-state index in [0.29, 0.717) is 5.89 Å². The van der Waals surface area contributed by atoms with Gasteiger partial charge in [0.2, 0.25) is 0 Å². The van der Waals surface area contributed by atoms with Gasteiger partial charge in [0, 0.05) is 18.6 Å². The smallest absolute Gasteiger partial charge is 0.192 e. The molecule has 1 aliphatic rings. The third kappa shape index (κ3) is 1.17. The van der Waals surface area contributed by atoms with Crippen LogP contribution in [0.3, 0.4) is 0 Å². The first kappa shape index (κ1) is 9.17. The van der Waals surface area contributed by atoms with Crippen molar-refractivity contribution >= 4 is 16.7 Å². The molecule has 0 unspecified atom stereocenters. The Balaban J connectivity index is 2.37. The lowest BCUT2D eigenvalue weighted by molar-refractivity contribution is 0.560. The summed E-state index contributed by atoms with van der Waals surface area (Å²) < 4.78 is 5.63. The van der Waals surface area contributed by atoms with Crippen LogP contribution in [0, 0.1) is 18.3 Å². The van der Waals surface area contributed by atoms with E-state index in [1.807, 2.05) is 13.0 Å². The highest BCUT2D eigenvalue weighted by molar-refractivity contribution is 5.91. The lowest BCUT2D eigenvalue weighted by Crippen LogP contribution is -1.82. The van der Waals surface area contributed by atoms with Crippen LogP contribution in [0.2, 0.25) is 0 Å². The normalized spacial score (nSPS) is 16.6. The summed E-state index contributed by atoms with van der Waals surface area (Å²) in [7, 11) is 0. The SMILES string of the molecule is Cc1nc2ccc3c(c2o1)C(=CC#N)CC3. The highest BCUT2D eigenvalue weighted by Gasteiger charge is 2.21. The van der Waals surface area contributed by atoms with Gasteiger partial charge in [-0.2, -0.15) is 5.26 Å². The quantitative estimate of drug-likeness (QED) is 0.628. The van der Waals surface area contributed by atoms with Crippen LogP contribution in [-0.4, -0.2) is 4.98 Å². The summed E-state index contributed by atoms with van der Waals surface area (Å²) in [5, 5.41) is 8.76. The standard InChI is InChI=1S/C13H10N2O/c1-8-15-11-5-4-9-2-3-10(6-7-14)12(9)13(11)16-8/h4-6H,2-3H2,1H3. The van der Waals surface area contributed by atoms with Gasteiger partial charge in [0.05, 0.1) is 6.07 Å². The Bertz CT molecular complexity index is 644. The molecule has 3 nitrogen and oxygen atoms in total. The van der Waals surface area contributed by atoms with E-state index in [1.165, 1.54) is 5.56 Å². The molecule has 1 aromatic carbocycles. The lowest BCUT2D eigenvalue weighted by atomic mass is 10.1. The van der Waals surface area contributed by atoms with Crippen LogP contribution >= 0.6 is 0 Å². The number of benzene rings is 1. The van der Waals surface area contributed by atoms with Crippen LogP contribution in [0.15, 0.2) is 22.6 Å². The number of fused-ring (bicyclic) bond motifs is 3. The van der Waals surface area contributed by atoms with E-state index >= 15 is 0 Å². The van der Waals surface area contributed by atoms with Crippen LogP contribution in [0.25, 0.3) is 16.7 Å². The average Bonchev–Trinajstić information content (AvgIpc) is 2.81. The second kappa shape index (κ2) is 3.21. The van der Waals surface area contributed by atoms with E-state index < -0.39 is 0 Å². The van der Waals surface area contributed by atoms with Crippen LogP contribution in [0.5, 0.6) is 0 Å². The van der Waals surface area contributed by atoms with Crippen molar-refractivity contribution in [3.63, 3.8) is 0 Å². The molecule has 3 rings (SSSR count). The molecule has 1 aromatic heterocycles. The Kier molecular flexibility index (Phi) is 1.84. The molecule has 78 valence electrons. The number of hydrogen-bond acceptors (Lipinski definition) is 3. The maximum absolute atomic E-state index is 8.76. The molecule has 16 heavy (non-hydrogen) atoms. The van der Waals surface area contributed by atoms with Crippen LogP contribution in [0.1, 0.15) is 23.4 Å². The Morgan fingerprint density at radius 2 is 2.31 bits per heavy atom. The molecule has 3 heteroatoms. The van der Waals surface area contributed by atoms with Gasteiger partial charge in [0.1, 0.15) is 5.52 Å². The van der Waals surface area contributed by atoms with Crippen molar-refractivity contribution in [1.82, 2.24) is 4.98 Å². The molecule has 0 spiro atoms. The zero-order chi connectivity index (χ0) is 11.1. The van der Waals surface area contributed by atoms with Crippen LogP contribution in [0.4, 0.5) is 0 Å². The largest absolute Gasteiger partial charge is 0.440 e. The Labute approximate surface area is 93.0 Å². The van der Waals surface area contributed by atoms with Crippen molar-refractivity contribution in [1.29, 1.82) is 5.26 Å². The van der Waals surface area contributed by atoms with E-state index in [0.717, 1.165) is 35.1 Å². The number of aryl methyl sites for hydroxylation is 2. The number of nitrogens with zero attached hydrogens (tertiary/aromatic N) is 2. The topological polar surface area (TPSA) is 49.8 Å². The van der Waals surface area contributed by atoms with Crippen LogP contribution in [-0.2, 0) is 6.42 Å². The first-order chi connectivity index (χ1) is 7.79. The molecule has 0 N–H and O–H groups in total. The van der Waals surface area contributed by atoms with Crippen molar-refractivity contribution in [2.75, 3.05) is 0 Å². The fourth-order valence-electron chi connectivity index (χ4n) is 2.32. The van der Waals surface area contributed by atoms with E-state index in [4.69, 9.17) is 9.68 Å². The number of aromatic nitrogens is 1. The fraction of sp³-hybridized carbons (Fsp3) is 0.231. The second-order valence-electron chi connectivity index (χ2n) is 3.98. The Morgan fingerprint density at radius 3 is 3.12 bits per heavy atom. The van der Waals surface area contributed by atoms with Gasteiger partial charge < -0.3 is 4.42 Å². The van der Waals surface area contributed by atoms with Crippen molar-refractivity contribution in [3.05, 3.63) is 35.2 Å². The van der Waals surface area contributed by atoms with Crippen LogP contribution < -0.4 is 0 Å². The molecule has 0 bridgehead atoms. The number of rotatable bonds is 0. The minimum atomic E-state index is 0.673. The molecule has 0 atom stereocenters. The fourth-order valence-corrected chi connectivity index (χ4v) is 2.32. The summed E-state index contributed by atoms with van der Waals surface area (Å²) in [4.78, 5) is 4.31. The van der Waals surface area contributed by atoms with E-state index in [2.05, 4.69) is 17.1 Å². The van der Waals surface area contributed by atoms with E-state index in [1.54, 1.807) is 6.08 Å². The highest BCUT2D eigenvalue weighted by atomic mass is 16.3. The number of allylic oxidation sites excluding steroid dienone is 2. The van der Waals surface area contributed by atoms with Gasteiger partial charge in [-0.05, 0) is 30.0 Å². The minimum Gasteiger partial charge on any atom is -0.440 e. The maximum Gasteiger partial charge on any atom is 0.192 e. The van der Waals surface area contributed by atoms with Gasteiger partial charge >= 0.3 is 0 Å². The van der Waals surface area contributed by atoms with Gasteiger partial charge in [-0.25, -0.2) is 4.98 Å². The third-order valence-electron chi connectivity index (χ3n) is 2.97. The van der Waals surface area contributed by atoms with Gasteiger partial charge in [-0.1, -0.05) is 6.07 Å². The zero-order valence-electron chi connectivity index (χ0n) is 8.95. The summed E-state index contributed by atoms with van der Waals surface area (Å²) in [5.74, 6) is 0.673. The number of hydrogen-bond donors (Lipinski definition) is 0. The predicted octanol–water partition coefficient (Wildman–Crippen LogP) is 2.99. The van der Waals surface area contributed by atoms with Gasteiger partial charge in [0.15, 0.2) is 11.5 Å². The van der Waals surface area contributed by atoms with Crippen molar-refractivity contribution < 1.29 is 4.42 Å². The van der Waals surface area contributed by atoms with E-state index in [-0.39, 0.29) is 0 Å². The van der Waals surface area contributed by atoms with Crippen molar-refractivity contribution in [2.45, 2.75) is 19.8 Å². The first-order valence-electron chi connectivity index (χ1n) is 5.27. The summed E-state index contributed by atoms with van der Waals surface area (Å²) in [5.41, 5.74) is 5.11. The summed E-state index contributed by atoms with van der Waals surface area (Å²) >= 11 is 0. The molecule has 0 aliphatic heterocycles. The molecule has 1 aliphatic carbocycles. The van der Waals surface area contributed by atoms with Crippen molar-refractivity contribution in [3.8, 4) is 6.07 Å². The number of oxazole rings is 1. The molecule has 0 radical (unpaired) electrons. The Morgan fingerprint density at radius 1 is 1.44 bits per heavy atom. The lowest BCUT2D eigenvalue weighted by Gasteiger charge is -1.99. The molecule has 1 heterocycles. The molecule has 2 aromatic rings.